The van der Waals surface area contributed by atoms with Gasteiger partial charge in [-0.2, -0.15) is 0 Å². The number of halogens is 1. The van der Waals surface area contributed by atoms with Gasteiger partial charge in [0, 0.05) is 11.4 Å². The number of aliphatic carboxylic acids is 1. The number of hydrogen-bond acceptors (Lipinski definition) is 2. The van der Waals surface area contributed by atoms with Crippen molar-refractivity contribution < 1.29 is 33.9 Å². The smallest absolute Gasteiger partial charge is 0.235 e. The van der Waals surface area contributed by atoms with Gasteiger partial charge >= 0.3 is 0 Å². The first kappa shape index (κ1) is 11.2. The van der Waals surface area contributed by atoms with Crippen LogP contribution in [0.3, 0.4) is 0 Å². The summed E-state index contributed by atoms with van der Waals surface area (Å²) in [4.78, 5) is 10.6. The third kappa shape index (κ3) is 2.61. The van der Waals surface area contributed by atoms with E-state index in [1.165, 1.54) is 6.42 Å². The molecule has 0 saturated heterocycles. The topological polar surface area (TPSA) is 40.1 Å². The highest BCUT2D eigenvalue weighted by Gasteiger charge is 2.27. The van der Waals surface area contributed by atoms with Crippen LogP contribution in [0.25, 0.3) is 0 Å². The molecule has 0 aromatic heterocycles. The Bertz CT molecular complexity index is 139. The fourth-order valence-corrected chi connectivity index (χ4v) is 1.54. The summed E-state index contributed by atoms with van der Waals surface area (Å²) in [5, 5.41) is 10.6. The normalized spacial score (nSPS) is 21.9. The van der Waals surface area contributed by atoms with E-state index < -0.39 is 11.4 Å². The Balaban J connectivity index is 0.000001000. The minimum absolute atomic E-state index is 0. The second-order valence-electron chi connectivity index (χ2n) is 3.41. The summed E-state index contributed by atoms with van der Waals surface area (Å²) in [5.41, 5.74) is -0.516. The molecule has 66 valence electrons. The monoisotopic (exact) mass is 270 g/mol. The molecular weight excluding hydrogens is 255 g/mol. The third-order valence-electron chi connectivity index (χ3n) is 2.45. The van der Waals surface area contributed by atoms with Crippen LogP contribution in [0.5, 0.6) is 0 Å². The maximum absolute atomic E-state index is 10.6. The minimum Gasteiger partial charge on any atom is -0.550 e. The second-order valence-corrected chi connectivity index (χ2v) is 3.41. The van der Waals surface area contributed by atoms with Gasteiger partial charge in [0.2, 0.25) is 24.0 Å². The highest BCUT2D eigenvalue weighted by atomic mass is 127. The SMILES string of the molecule is CC1(C(=O)[O-])CCCCC1.[IH2+]. The number of hydrogen-bond donors (Lipinski definition) is 0. The lowest BCUT2D eigenvalue weighted by Crippen LogP contribution is -3.00. The molecule has 0 radical (unpaired) electrons. The van der Waals surface area contributed by atoms with E-state index in [0.29, 0.717) is 0 Å². The van der Waals surface area contributed by atoms with Gasteiger partial charge in [-0.3, -0.25) is 0 Å². The van der Waals surface area contributed by atoms with Crippen LogP contribution in [0.4, 0.5) is 0 Å². The predicted octanol–water partition coefficient (Wildman–Crippen LogP) is -2.82. The molecule has 0 bridgehead atoms. The Morgan fingerprint density at radius 1 is 1.27 bits per heavy atom. The standard InChI is InChI=1S/C8H14O2.H2I/c1-8(7(9)10)5-3-2-4-6-8;/h2-6H2,1H3,(H,9,10);1H2/q;+1/p-1. The van der Waals surface area contributed by atoms with E-state index in [4.69, 9.17) is 0 Å². The zero-order valence-corrected chi connectivity index (χ0v) is 9.35. The van der Waals surface area contributed by atoms with Gasteiger partial charge in [-0.15, -0.1) is 0 Å². The van der Waals surface area contributed by atoms with Crippen molar-refractivity contribution in [3.05, 3.63) is 0 Å². The molecule has 0 aromatic rings. The van der Waals surface area contributed by atoms with E-state index in [9.17, 15) is 9.90 Å². The van der Waals surface area contributed by atoms with Gasteiger partial charge in [0.05, 0.1) is 0 Å². The van der Waals surface area contributed by atoms with Crippen LogP contribution in [0.2, 0.25) is 0 Å². The molecule has 1 aliphatic rings. The molecule has 2 nitrogen and oxygen atoms in total. The number of carboxylic acid groups (broad SMARTS) is 1. The van der Waals surface area contributed by atoms with Gasteiger partial charge in [-0.1, -0.05) is 26.2 Å². The number of carboxylic acids is 1. The number of carbonyl (C=O) groups excluding carboxylic acids is 1. The van der Waals surface area contributed by atoms with Crippen molar-refractivity contribution in [1.29, 1.82) is 0 Å². The maximum atomic E-state index is 10.6. The molecule has 0 amide bonds. The molecule has 1 aliphatic carbocycles. The highest BCUT2D eigenvalue weighted by molar-refractivity contribution is 5.71. The summed E-state index contributed by atoms with van der Waals surface area (Å²) in [6.07, 6.45) is 4.88. The molecule has 11 heavy (non-hydrogen) atoms. The Kier molecular flexibility index (Phi) is 4.36. The van der Waals surface area contributed by atoms with Crippen molar-refractivity contribution in [1.82, 2.24) is 0 Å². The number of rotatable bonds is 1. The zero-order valence-electron chi connectivity index (χ0n) is 6.80. The summed E-state index contributed by atoms with van der Waals surface area (Å²) < 4.78 is 0. The van der Waals surface area contributed by atoms with E-state index in [0.717, 1.165) is 25.7 Å². The fraction of sp³-hybridized carbons (Fsp3) is 0.875. The van der Waals surface area contributed by atoms with Crippen molar-refractivity contribution in [2.45, 2.75) is 39.0 Å². The molecule has 1 fully saturated rings. The molecule has 0 unspecified atom stereocenters. The van der Waals surface area contributed by atoms with Gasteiger partial charge in [0.1, 0.15) is 0 Å². The van der Waals surface area contributed by atoms with Crippen molar-refractivity contribution in [3.8, 4) is 0 Å². The van der Waals surface area contributed by atoms with Gasteiger partial charge in [0.25, 0.3) is 0 Å². The van der Waals surface area contributed by atoms with Crippen LogP contribution in [0, 0.1) is 5.41 Å². The lowest BCUT2D eigenvalue weighted by molar-refractivity contribution is -0.319. The summed E-state index contributed by atoms with van der Waals surface area (Å²) in [7, 11) is 0. The van der Waals surface area contributed by atoms with Crippen LogP contribution in [0.1, 0.15) is 39.0 Å². The van der Waals surface area contributed by atoms with Gasteiger partial charge in [-0.05, 0) is 12.8 Å². The molecule has 0 aromatic carbocycles. The highest BCUT2D eigenvalue weighted by Crippen LogP contribution is 2.34. The second kappa shape index (κ2) is 4.28. The minimum atomic E-state index is -0.868. The van der Waals surface area contributed by atoms with Crippen molar-refractivity contribution in [2.75, 3.05) is 0 Å². The van der Waals surface area contributed by atoms with Crippen LogP contribution in [-0.4, -0.2) is 5.97 Å². The molecule has 0 spiro atoms. The Hall–Kier alpha value is 0.200. The first-order valence-electron chi connectivity index (χ1n) is 3.87. The lowest BCUT2D eigenvalue weighted by atomic mass is 9.76. The van der Waals surface area contributed by atoms with Gasteiger partial charge in [0.15, 0.2) is 0 Å². The van der Waals surface area contributed by atoms with E-state index in [2.05, 4.69) is 0 Å². The van der Waals surface area contributed by atoms with E-state index in [1.54, 1.807) is 6.92 Å². The van der Waals surface area contributed by atoms with E-state index in [-0.39, 0.29) is 24.0 Å². The Labute approximate surface area is 84.4 Å². The van der Waals surface area contributed by atoms with Crippen molar-refractivity contribution in [2.24, 2.45) is 5.41 Å². The predicted molar refractivity (Wildman–Crippen MR) is 39.0 cm³/mol. The summed E-state index contributed by atoms with van der Waals surface area (Å²) in [6, 6.07) is 0. The average Bonchev–Trinajstić information content (AvgIpc) is 1.89. The molecule has 0 N–H and O–H groups in total. The molecule has 0 atom stereocenters. The van der Waals surface area contributed by atoms with Crippen LogP contribution >= 0.6 is 0 Å². The van der Waals surface area contributed by atoms with Crippen LogP contribution in [-0.2, 0) is 4.79 Å². The van der Waals surface area contributed by atoms with Crippen molar-refractivity contribution >= 4 is 5.97 Å². The zero-order chi connectivity index (χ0) is 7.61. The van der Waals surface area contributed by atoms with Gasteiger partial charge < -0.3 is 9.90 Å². The largest absolute Gasteiger partial charge is 0.550 e. The van der Waals surface area contributed by atoms with E-state index >= 15 is 0 Å². The molecular formula is C8H15IO2. The molecule has 1 saturated carbocycles. The Morgan fingerprint density at radius 3 is 2.00 bits per heavy atom. The first-order chi connectivity index (χ1) is 4.65. The summed E-state index contributed by atoms with van der Waals surface area (Å²) in [5.74, 6) is -0.868. The molecule has 1 rings (SSSR count). The maximum Gasteiger partial charge on any atom is 0.235 e. The molecule has 0 aliphatic heterocycles. The van der Waals surface area contributed by atoms with Crippen molar-refractivity contribution in [3.63, 3.8) is 0 Å². The Morgan fingerprint density at radius 2 is 1.73 bits per heavy atom. The summed E-state index contributed by atoms with van der Waals surface area (Å²) in [6.45, 7) is 1.79. The quantitative estimate of drug-likeness (QED) is 0.482. The third-order valence-corrected chi connectivity index (χ3v) is 2.45. The molecule has 3 heteroatoms. The number of carbonyl (C=O) groups is 1. The average molecular weight is 270 g/mol. The first-order valence-corrected chi connectivity index (χ1v) is 3.87. The summed E-state index contributed by atoms with van der Waals surface area (Å²) >= 11 is 0. The van der Waals surface area contributed by atoms with E-state index in [1.807, 2.05) is 0 Å². The molecule has 0 heterocycles. The van der Waals surface area contributed by atoms with Crippen LogP contribution in [0.15, 0.2) is 0 Å². The lowest BCUT2D eigenvalue weighted by Gasteiger charge is -2.34. The fourth-order valence-electron chi connectivity index (χ4n) is 1.54. The van der Waals surface area contributed by atoms with Gasteiger partial charge in [-0.25, -0.2) is 0 Å². The van der Waals surface area contributed by atoms with Crippen LogP contribution < -0.4 is 29.1 Å².